The van der Waals surface area contributed by atoms with E-state index in [0.29, 0.717) is 30.8 Å². The summed E-state index contributed by atoms with van der Waals surface area (Å²) in [6.07, 6.45) is 1.95. The van der Waals surface area contributed by atoms with Crippen LogP contribution in [0.1, 0.15) is 30.1 Å². The number of benzene rings is 1. The highest BCUT2D eigenvalue weighted by molar-refractivity contribution is 5.79. The summed E-state index contributed by atoms with van der Waals surface area (Å²) in [7, 11) is 1.69. The first kappa shape index (κ1) is 15.5. The molecule has 6 nitrogen and oxygen atoms in total. The highest BCUT2D eigenvalue weighted by atomic mass is 19.1. The molecule has 0 aliphatic heterocycles. The Hall–Kier alpha value is -2.44. The second-order valence-corrected chi connectivity index (χ2v) is 5.77. The third kappa shape index (κ3) is 3.49. The Morgan fingerprint density at radius 3 is 2.74 bits per heavy atom. The van der Waals surface area contributed by atoms with Crippen LogP contribution in [0, 0.1) is 12.7 Å². The maximum absolute atomic E-state index is 14.0. The predicted molar refractivity (Wildman–Crippen MR) is 84.5 cm³/mol. The van der Waals surface area contributed by atoms with Crippen LogP contribution in [-0.4, -0.2) is 29.7 Å². The Labute approximate surface area is 134 Å². The third-order valence-electron chi connectivity index (χ3n) is 4.09. The Morgan fingerprint density at radius 2 is 2.13 bits per heavy atom. The van der Waals surface area contributed by atoms with Crippen molar-refractivity contribution in [1.29, 1.82) is 0 Å². The quantitative estimate of drug-likeness (QED) is 0.651. The highest BCUT2D eigenvalue weighted by Gasteiger charge is 2.45. The van der Waals surface area contributed by atoms with Crippen LogP contribution in [0.15, 0.2) is 33.8 Å². The molecule has 1 saturated carbocycles. The average molecular weight is 317 g/mol. The fourth-order valence-corrected chi connectivity index (χ4v) is 2.63. The zero-order valence-electron chi connectivity index (χ0n) is 13.3. The van der Waals surface area contributed by atoms with Gasteiger partial charge in [-0.15, -0.1) is 0 Å². The van der Waals surface area contributed by atoms with Gasteiger partial charge >= 0.3 is 0 Å². The van der Waals surface area contributed by atoms with E-state index in [9.17, 15) is 4.39 Å². The minimum absolute atomic E-state index is 0.135. The van der Waals surface area contributed by atoms with Crippen molar-refractivity contribution in [2.75, 3.05) is 13.6 Å². The number of nitrogens with zero attached hydrogens (tertiary/aromatic N) is 3. The van der Waals surface area contributed by atoms with E-state index in [0.717, 1.165) is 18.4 Å². The van der Waals surface area contributed by atoms with Gasteiger partial charge in [-0.05, 0) is 31.4 Å². The lowest BCUT2D eigenvalue weighted by Gasteiger charge is -2.19. The minimum Gasteiger partial charge on any atom is -0.356 e. The summed E-state index contributed by atoms with van der Waals surface area (Å²) >= 11 is 0. The summed E-state index contributed by atoms with van der Waals surface area (Å²) in [4.78, 5) is 8.29. The predicted octanol–water partition coefficient (Wildman–Crippen LogP) is 1.91. The molecule has 1 heterocycles. The largest absolute Gasteiger partial charge is 0.356 e. The summed E-state index contributed by atoms with van der Waals surface area (Å²) in [5.41, 5.74) is 0.639. The SMILES string of the molecule is CN=C(NCc1nc(C)no1)NCC1(c2ccccc2F)CC1. The van der Waals surface area contributed by atoms with Gasteiger partial charge in [0, 0.05) is 19.0 Å². The standard InChI is InChI=1S/C16H20FN5O/c1-11-21-14(23-22-11)9-19-15(18-2)20-10-16(7-8-16)12-5-3-4-6-13(12)17/h3-6H,7-10H2,1-2H3,(H2,18,19,20). The lowest BCUT2D eigenvalue weighted by atomic mass is 9.95. The average Bonchev–Trinajstić information content (AvgIpc) is 3.22. The van der Waals surface area contributed by atoms with Crippen LogP contribution < -0.4 is 10.6 Å². The molecule has 1 fully saturated rings. The van der Waals surface area contributed by atoms with Gasteiger partial charge in [0.2, 0.25) is 5.89 Å². The van der Waals surface area contributed by atoms with Crippen LogP contribution in [0.25, 0.3) is 0 Å². The zero-order chi connectivity index (χ0) is 16.3. The van der Waals surface area contributed by atoms with Crippen LogP contribution in [0.5, 0.6) is 0 Å². The van der Waals surface area contributed by atoms with Gasteiger partial charge in [0.15, 0.2) is 11.8 Å². The summed E-state index contributed by atoms with van der Waals surface area (Å²) in [5, 5.41) is 10.1. The van der Waals surface area contributed by atoms with Crippen molar-refractivity contribution in [3.8, 4) is 0 Å². The Bertz CT molecular complexity index is 708. The van der Waals surface area contributed by atoms with Gasteiger partial charge in [0.25, 0.3) is 0 Å². The smallest absolute Gasteiger partial charge is 0.246 e. The molecule has 2 N–H and O–H groups in total. The molecule has 3 rings (SSSR count). The van der Waals surface area contributed by atoms with Gasteiger partial charge < -0.3 is 15.2 Å². The van der Waals surface area contributed by atoms with Crippen LogP contribution in [0.3, 0.4) is 0 Å². The molecule has 23 heavy (non-hydrogen) atoms. The van der Waals surface area contributed by atoms with E-state index in [1.54, 1.807) is 20.0 Å². The maximum atomic E-state index is 14.0. The number of aromatic nitrogens is 2. The van der Waals surface area contributed by atoms with Crippen molar-refractivity contribution in [1.82, 2.24) is 20.8 Å². The van der Waals surface area contributed by atoms with Crippen molar-refractivity contribution >= 4 is 5.96 Å². The van der Waals surface area contributed by atoms with E-state index in [2.05, 4.69) is 25.8 Å². The lowest BCUT2D eigenvalue weighted by molar-refractivity contribution is 0.371. The topological polar surface area (TPSA) is 75.3 Å². The Morgan fingerprint density at radius 1 is 1.35 bits per heavy atom. The summed E-state index contributed by atoms with van der Waals surface area (Å²) in [6, 6.07) is 6.97. The van der Waals surface area contributed by atoms with Crippen LogP contribution >= 0.6 is 0 Å². The fraction of sp³-hybridized carbons (Fsp3) is 0.438. The highest BCUT2D eigenvalue weighted by Crippen LogP contribution is 2.48. The molecule has 0 unspecified atom stereocenters. The molecule has 1 aliphatic rings. The number of aryl methyl sites for hydroxylation is 1. The number of nitrogens with one attached hydrogen (secondary N) is 2. The molecule has 0 amide bonds. The molecular weight excluding hydrogens is 297 g/mol. The minimum atomic E-state index is -0.143. The molecule has 1 aromatic heterocycles. The number of halogens is 1. The maximum Gasteiger partial charge on any atom is 0.246 e. The van der Waals surface area contributed by atoms with E-state index >= 15 is 0 Å². The van der Waals surface area contributed by atoms with E-state index in [-0.39, 0.29) is 11.2 Å². The normalized spacial score (nSPS) is 16.2. The molecule has 0 atom stereocenters. The third-order valence-corrected chi connectivity index (χ3v) is 4.09. The number of hydrogen-bond donors (Lipinski definition) is 2. The molecular formula is C16H20FN5O. The molecule has 0 bridgehead atoms. The summed E-state index contributed by atoms with van der Waals surface area (Å²) < 4.78 is 19.0. The van der Waals surface area contributed by atoms with Gasteiger partial charge in [0.1, 0.15) is 5.82 Å². The second-order valence-electron chi connectivity index (χ2n) is 5.77. The molecule has 1 aromatic carbocycles. The monoisotopic (exact) mass is 317 g/mol. The van der Waals surface area contributed by atoms with Crippen molar-refractivity contribution in [3.63, 3.8) is 0 Å². The van der Waals surface area contributed by atoms with E-state index in [1.807, 2.05) is 12.1 Å². The number of guanidine groups is 1. The van der Waals surface area contributed by atoms with Gasteiger partial charge in [-0.2, -0.15) is 4.98 Å². The van der Waals surface area contributed by atoms with Crippen LogP contribution in [-0.2, 0) is 12.0 Å². The Kier molecular flexibility index (Phi) is 4.27. The van der Waals surface area contributed by atoms with E-state index < -0.39 is 0 Å². The zero-order valence-corrected chi connectivity index (χ0v) is 13.3. The molecule has 0 spiro atoms. The van der Waals surface area contributed by atoms with Crippen molar-refractivity contribution in [2.45, 2.75) is 31.7 Å². The van der Waals surface area contributed by atoms with E-state index in [4.69, 9.17) is 4.52 Å². The van der Waals surface area contributed by atoms with Crippen LogP contribution in [0.2, 0.25) is 0 Å². The van der Waals surface area contributed by atoms with Gasteiger partial charge in [-0.1, -0.05) is 23.4 Å². The molecule has 0 saturated heterocycles. The molecule has 7 heteroatoms. The van der Waals surface area contributed by atoms with Crippen molar-refractivity contribution in [2.24, 2.45) is 4.99 Å². The van der Waals surface area contributed by atoms with Gasteiger partial charge in [-0.25, -0.2) is 4.39 Å². The number of aliphatic imine (C=N–C) groups is 1. The first-order valence-electron chi connectivity index (χ1n) is 7.62. The number of rotatable bonds is 5. The lowest BCUT2D eigenvalue weighted by Crippen LogP contribution is -2.41. The molecule has 0 radical (unpaired) electrons. The van der Waals surface area contributed by atoms with Crippen molar-refractivity contribution < 1.29 is 8.91 Å². The first-order valence-corrected chi connectivity index (χ1v) is 7.62. The fourth-order valence-electron chi connectivity index (χ4n) is 2.63. The molecule has 2 aromatic rings. The van der Waals surface area contributed by atoms with Gasteiger partial charge in [0.05, 0.1) is 6.54 Å². The Balaban J connectivity index is 1.57. The van der Waals surface area contributed by atoms with Crippen LogP contribution in [0.4, 0.5) is 4.39 Å². The van der Waals surface area contributed by atoms with Gasteiger partial charge in [-0.3, -0.25) is 4.99 Å². The first-order chi connectivity index (χ1) is 11.1. The summed E-state index contributed by atoms with van der Waals surface area (Å²) in [6.45, 7) is 2.80. The van der Waals surface area contributed by atoms with E-state index in [1.165, 1.54) is 6.07 Å². The molecule has 122 valence electrons. The second kappa shape index (κ2) is 6.36. The van der Waals surface area contributed by atoms with Crippen molar-refractivity contribution in [3.05, 3.63) is 47.4 Å². The molecule has 1 aliphatic carbocycles. The number of hydrogen-bond acceptors (Lipinski definition) is 4. The summed E-state index contributed by atoms with van der Waals surface area (Å²) in [5.74, 6) is 1.58.